The van der Waals surface area contributed by atoms with E-state index in [1.54, 1.807) is 0 Å². The van der Waals surface area contributed by atoms with Gasteiger partial charge in [-0.05, 0) is 25.7 Å². The lowest BCUT2D eigenvalue weighted by molar-refractivity contribution is 0.0933. The summed E-state index contributed by atoms with van der Waals surface area (Å²) in [5.74, 6) is 0.709. The zero-order valence-corrected chi connectivity index (χ0v) is 13.7. The van der Waals surface area contributed by atoms with Crippen molar-refractivity contribution in [3.8, 4) is 0 Å². The topological polar surface area (TPSA) is 81.2 Å². The van der Waals surface area contributed by atoms with Crippen LogP contribution in [0.4, 0.5) is 0 Å². The van der Waals surface area contributed by atoms with E-state index in [4.69, 9.17) is 10.2 Å². The van der Waals surface area contributed by atoms with Gasteiger partial charge in [0.2, 0.25) is 5.89 Å². The number of rotatable bonds is 9. The van der Waals surface area contributed by atoms with E-state index in [-0.39, 0.29) is 18.0 Å². The number of aromatic nitrogens is 1. The molecule has 0 fully saturated rings. The molecule has 0 aliphatic heterocycles. The molecule has 21 heavy (non-hydrogen) atoms. The average molecular weight is 295 g/mol. The van der Waals surface area contributed by atoms with Crippen LogP contribution in [0.5, 0.6) is 0 Å². The van der Waals surface area contributed by atoms with E-state index >= 15 is 0 Å². The molecule has 1 amide bonds. The third kappa shape index (κ3) is 6.29. The van der Waals surface area contributed by atoms with Crippen LogP contribution in [0.1, 0.15) is 82.2 Å². The number of nitrogens with two attached hydrogens (primary N) is 1. The highest BCUT2D eigenvalue weighted by molar-refractivity contribution is 5.92. The van der Waals surface area contributed by atoms with Crippen molar-refractivity contribution in [2.45, 2.75) is 71.9 Å². The number of unbranched alkanes of at least 4 members (excludes halogenated alkanes) is 2. The molecule has 1 rings (SSSR count). The van der Waals surface area contributed by atoms with Crippen LogP contribution in [0.2, 0.25) is 0 Å². The summed E-state index contributed by atoms with van der Waals surface area (Å²) in [5.41, 5.74) is 6.32. The summed E-state index contributed by atoms with van der Waals surface area (Å²) in [6, 6.07) is -0.109. The fraction of sp³-hybridized carbons (Fsp3) is 0.750. The zero-order chi connectivity index (χ0) is 15.8. The molecule has 1 aromatic heterocycles. The molecule has 0 bridgehead atoms. The van der Waals surface area contributed by atoms with Crippen LogP contribution in [-0.2, 0) is 0 Å². The SMILES string of the molecule is CCCCCC(C)NC(=O)c1coc(C(N)CC(C)C)n1. The number of nitrogens with one attached hydrogen (secondary N) is 1. The third-order valence-corrected chi connectivity index (χ3v) is 3.42. The van der Waals surface area contributed by atoms with Gasteiger partial charge >= 0.3 is 0 Å². The first kappa shape index (κ1) is 17.7. The lowest BCUT2D eigenvalue weighted by Gasteiger charge is -2.12. The van der Waals surface area contributed by atoms with Gasteiger partial charge in [-0.2, -0.15) is 0 Å². The number of carbonyl (C=O) groups is 1. The zero-order valence-electron chi connectivity index (χ0n) is 13.7. The van der Waals surface area contributed by atoms with Crippen LogP contribution < -0.4 is 11.1 Å². The van der Waals surface area contributed by atoms with Gasteiger partial charge in [0.1, 0.15) is 6.26 Å². The first-order valence-corrected chi connectivity index (χ1v) is 7.95. The maximum atomic E-state index is 12.1. The molecule has 3 N–H and O–H groups in total. The van der Waals surface area contributed by atoms with Gasteiger partial charge in [0.05, 0.1) is 6.04 Å². The minimum Gasteiger partial charge on any atom is -0.446 e. The Hall–Kier alpha value is -1.36. The van der Waals surface area contributed by atoms with Crippen molar-refractivity contribution in [1.82, 2.24) is 10.3 Å². The van der Waals surface area contributed by atoms with Crippen molar-refractivity contribution in [2.24, 2.45) is 11.7 Å². The molecule has 5 heteroatoms. The predicted molar refractivity (Wildman–Crippen MR) is 84.0 cm³/mol. The van der Waals surface area contributed by atoms with Crippen LogP contribution in [0, 0.1) is 5.92 Å². The monoisotopic (exact) mass is 295 g/mol. The summed E-state index contributed by atoms with van der Waals surface area (Å²) in [4.78, 5) is 16.3. The Kier molecular flexibility index (Phi) is 7.43. The molecule has 0 saturated heterocycles. The van der Waals surface area contributed by atoms with Crippen molar-refractivity contribution in [2.75, 3.05) is 0 Å². The largest absolute Gasteiger partial charge is 0.446 e. The van der Waals surface area contributed by atoms with Gasteiger partial charge in [0.15, 0.2) is 5.69 Å². The number of amides is 1. The summed E-state index contributed by atoms with van der Waals surface area (Å²) in [7, 11) is 0. The van der Waals surface area contributed by atoms with E-state index in [0.29, 0.717) is 17.5 Å². The molecule has 2 unspecified atom stereocenters. The average Bonchev–Trinajstić information content (AvgIpc) is 2.87. The van der Waals surface area contributed by atoms with Crippen LogP contribution in [0.25, 0.3) is 0 Å². The molecule has 2 atom stereocenters. The molecule has 1 aromatic rings. The van der Waals surface area contributed by atoms with Gasteiger partial charge in [-0.15, -0.1) is 0 Å². The quantitative estimate of drug-likeness (QED) is 0.684. The van der Waals surface area contributed by atoms with Crippen molar-refractivity contribution in [3.05, 3.63) is 17.8 Å². The van der Waals surface area contributed by atoms with Crippen LogP contribution in [0.3, 0.4) is 0 Å². The standard InChI is InChI=1S/C16H29N3O2/c1-5-6-7-8-12(4)18-15(20)14-10-21-16(19-14)13(17)9-11(2)3/h10-13H,5-9,17H2,1-4H3,(H,18,20). The summed E-state index contributed by atoms with van der Waals surface area (Å²) >= 11 is 0. The van der Waals surface area contributed by atoms with E-state index in [0.717, 1.165) is 19.3 Å². The van der Waals surface area contributed by atoms with Gasteiger partial charge in [0, 0.05) is 6.04 Å². The van der Waals surface area contributed by atoms with Crippen molar-refractivity contribution < 1.29 is 9.21 Å². The van der Waals surface area contributed by atoms with Gasteiger partial charge in [-0.1, -0.05) is 40.0 Å². The third-order valence-electron chi connectivity index (χ3n) is 3.42. The van der Waals surface area contributed by atoms with Gasteiger partial charge in [-0.3, -0.25) is 4.79 Å². The van der Waals surface area contributed by atoms with Crippen molar-refractivity contribution in [1.29, 1.82) is 0 Å². The fourth-order valence-corrected chi connectivity index (χ4v) is 2.24. The van der Waals surface area contributed by atoms with E-state index in [2.05, 4.69) is 31.1 Å². The maximum Gasteiger partial charge on any atom is 0.273 e. The second-order valence-corrected chi connectivity index (χ2v) is 6.18. The van der Waals surface area contributed by atoms with E-state index in [1.807, 2.05) is 6.92 Å². The molecule has 120 valence electrons. The molecule has 0 aliphatic carbocycles. The second-order valence-electron chi connectivity index (χ2n) is 6.18. The van der Waals surface area contributed by atoms with E-state index in [1.165, 1.54) is 19.1 Å². The normalized spacial score (nSPS) is 14.2. The van der Waals surface area contributed by atoms with Crippen molar-refractivity contribution >= 4 is 5.91 Å². The molecule has 1 heterocycles. The number of hydrogen-bond donors (Lipinski definition) is 2. The Bertz CT molecular complexity index is 429. The van der Waals surface area contributed by atoms with Gasteiger partial charge < -0.3 is 15.5 Å². The van der Waals surface area contributed by atoms with Crippen LogP contribution in [0.15, 0.2) is 10.7 Å². The highest BCUT2D eigenvalue weighted by Crippen LogP contribution is 2.18. The Morgan fingerprint density at radius 3 is 2.71 bits per heavy atom. The molecular weight excluding hydrogens is 266 g/mol. The smallest absolute Gasteiger partial charge is 0.273 e. The lowest BCUT2D eigenvalue weighted by Crippen LogP contribution is -2.32. The lowest BCUT2D eigenvalue weighted by atomic mass is 10.0. The summed E-state index contributed by atoms with van der Waals surface area (Å²) in [6.45, 7) is 8.36. The molecule has 0 aromatic carbocycles. The molecule has 0 aliphatic rings. The van der Waals surface area contributed by atoms with Crippen LogP contribution in [-0.4, -0.2) is 16.9 Å². The Labute approximate surface area is 127 Å². The predicted octanol–water partition coefficient (Wildman–Crippen LogP) is 3.42. The Balaban J connectivity index is 2.50. The molecule has 5 nitrogen and oxygen atoms in total. The summed E-state index contributed by atoms with van der Waals surface area (Å²) < 4.78 is 5.33. The highest BCUT2D eigenvalue weighted by atomic mass is 16.3. The van der Waals surface area contributed by atoms with Gasteiger partial charge in [0.25, 0.3) is 5.91 Å². The number of hydrogen-bond acceptors (Lipinski definition) is 4. The second kappa shape index (κ2) is 8.82. The number of carbonyl (C=O) groups excluding carboxylic acids is 1. The molecule has 0 saturated carbocycles. The van der Waals surface area contributed by atoms with Gasteiger partial charge in [-0.25, -0.2) is 4.98 Å². The number of oxazole rings is 1. The summed E-state index contributed by atoms with van der Waals surface area (Å²) in [6.07, 6.45) is 6.66. The molecule has 0 spiro atoms. The Morgan fingerprint density at radius 2 is 2.10 bits per heavy atom. The fourth-order valence-electron chi connectivity index (χ4n) is 2.24. The summed E-state index contributed by atoms with van der Waals surface area (Å²) in [5, 5.41) is 2.95. The minimum absolute atomic E-state index is 0.147. The van der Waals surface area contributed by atoms with Crippen molar-refractivity contribution in [3.63, 3.8) is 0 Å². The first-order valence-electron chi connectivity index (χ1n) is 7.95. The van der Waals surface area contributed by atoms with E-state index < -0.39 is 0 Å². The first-order chi connectivity index (χ1) is 9.93. The molecular formula is C16H29N3O2. The van der Waals surface area contributed by atoms with Crippen LogP contribution >= 0.6 is 0 Å². The highest BCUT2D eigenvalue weighted by Gasteiger charge is 2.18. The Morgan fingerprint density at radius 1 is 1.38 bits per heavy atom. The minimum atomic E-state index is -0.256. The molecule has 0 radical (unpaired) electrons. The maximum absolute atomic E-state index is 12.1. The van der Waals surface area contributed by atoms with E-state index in [9.17, 15) is 4.79 Å². The number of nitrogens with zero attached hydrogens (tertiary/aromatic N) is 1.